The van der Waals surface area contributed by atoms with E-state index in [0.717, 1.165) is 5.56 Å². The highest BCUT2D eigenvalue weighted by Crippen LogP contribution is 2.44. The van der Waals surface area contributed by atoms with Crippen LogP contribution in [0.3, 0.4) is 0 Å². The van der Waals surface area contributed by atoms with Crippen LogP contribution in [0.5, 0.6) is 0 Å². The Kier molecular flexibility index (Phi) is 6.94. The van der Waals surface area contributed by atoms with Gasteiger partial charge >= 0.3 is 0 Å². The lowest BCUT2D eigenvalue weighted by molar-refractivity contribution is -0.171. The molecule has 2 aromatic rings. The fraction of sp³-hybridized carbons (Fsp3) is 0.429. The number of nitrogens with one attached hydrogen (secondary N) is 1. The van der Waals surface area contributed by atoms with Crippen LogP contribution in [0.4, 0.5) is 0 Å². The number of benzene rings is 2. The van der Waals surface area contributed by atoms with Crippen molar-refractivity contribution in [1.29, 1.82) is 0 Å². The summed E-state index contributed by atoms with van der Waals surface area (Å²) in [7, 11) is 1.59. The number of nitrogens with zero attached hydrogens (tertiary/aromatic N) is 1. The number of aliphatic hydroxyl groups excluding tert-OH is 2. The van der Waals surface area contributed by atoms with Crippen molar-refractivity contribution in [3.8, 4) is 0 Å². The Labute approximate surface area is 210 Å². The van der Waals surface area contributed by atoms with Crippen LogP contribution in [0.2, 0.25) is 0 Å². The van der Waals surface area contributed by atoms with Gasteiger partial charge < -0.3 is 29.9 Å². The highest BCUT2D eigenvalue weighted by atomic mass is 16.8. The van der Waals surface area contributed by atoms with Gasteiger partial charge in [0.1, 0.15) is 18.2 Å². The lowest BCUT2D eigenvalue weighted by Gasteiger charge is -2.32. The van der Waals surface area contributed by atoms with Crippen molar-refractivity contribution in [2.75, 3.05) is 20.2 Å². The molecule has 2 aliphatic carbocycles. The molecule has 1 heterocycles. The van der Waals surface area contributed by atoms with Crippen LogP contribution in [-0.2, 0) is 38.3 Å². The first-order valence-electron chi connectivity index (χ1n) is 12.4. The SMILES string of the molecule is CN(C(=O)C1=CC2OC3(Cc4ccccc4C3)OC2C(O)C1)C(Cc1ccccc1)C(=O)NCCO. The molecule has 0 bridgehead atoms. The van der Waals surface area contributed by atoms with Crippen molar-refractivity contribution in [2.24, 2.45) is 0 Å². The van der Waals surface area contributed by atoms with Gasteiger partial charge in [-0.3, -0.25) is 9.59 Å². The topological polar surface area (TPSA) is 108 Å². The maximum Gasteiger partial charge on any atom is 0.250 e. The average Bonchev–Trinajstić information content (AvgIpc) is 3.44. The van der Waals surface area contributed by atoms with Crippen molar-refractivity contribution >= 4 is 11.8 Å². The van der Waals surface area contributed by atoms with E-state index in [1.54, 1.807) is 13.1 Å². The van der Waals surface area contributed by atoms with E-state index in [-0.39, 0.29) is 31.4 Å². The number of ether oxygens (including phenoxy) is 2. The molecule has 0 radical (unpaired) electrons. The van der Waals surface area contributed by atoms with E-state index in [9.17, 15) is 14.7 Å². The van der Waals surface area contributed by atoms with Gasteiger partial charge in [-0.2, -0.15) is 0 Å². The van der Waals surface area contributed by atoms with Gasteiger partial charge in [0.25, 0.3) is 0 Å². The number of hydrogen-bond donors (Lipinski definition) is 3. The molecular formula is C28H32N2O6. The molecule has 4 atom stereocenters. The van der Waals surface area contributed by atoms with Crippen LogP contribution >= 0.6 is 0 Å². The predicted molar refractivity (Wildman–Crippen MR) is 132 cm³/mol. The molecule has 3 aliphatic rings. The maximum absolute atomic E-state index is 13.6. The van der Waals surface area contributed by atoms with E-state index < -0.39 is 30.1 Å². The van der Waals surface area contributed by atoms with E-state index in [2.05, 4.69) is 17.4 Å². The predicted octanol–water partition coefficient (Wildman–Crippen LogP) is 1.13. The lowest BCUT2D eigenvalue weighted by Crippen LogP contribution is -2.51. The second kappa shape index (κ2) is 10.1. The minimum absolute atomic E-state index is 0.104. The largest absolute Gasteiger partial charge is 0.395 e. The third-order valence-electron chi connectivity index (χ3n) is 7.29. The molecule has 2 amide bonds. The number of likely N-dealkylation sites (N-methyl/N-ethyl adjacent to an activating group) is 1. The molecule has 1 spiro atoms. The molecule has 0 aromatic heterocycles. The summed E-state index contributed by atoms with van der Waals surface area (Å²) in [5.74, 6) is -1.52. The molecule has 1 fully saturated rings. The van der Waals surface area contributed by atoms with E-state index in [4.69, 9.17) is 14.6 Å². The summed E-state index contributed by atoms with van der Waals surface area (Å²) in [5.41, 5.74) is 3.65. The minimum atomic E-state index is -0.897. The van der Waals surface area contributed by atoms with E-state index in [0.29, 0.717) is 24.8 Å². The molecule has 3 N–H and O–H groups in total. The van der Waals surface area contributed by atoms with Crippen molar-refractivity contribution in [3.05, 3.63) is 82.9 Å². The van der Waals surface area contributed by atoms with Gasteiger partial charge in [0.2, 0.25) is 11.8 Å². The second-order valence-corrected chi connectivity index (χ2v) is 9.80. The maximum atomic E-state index is 13.6. The molecular weight excluding hydrogens is 460 g/mol. The summed E-state index contributed by atoms with van der Waals surface area (Å²) in [6, 6.07) is 16.8. The number of aliphatic hydroxyl groups is 2. The Morgan fingerprint density at radius 2 is 1.75 bits per heavy atom. The molecule has 0 saturated carbocycles. The van der Waals surface area contributed by atoms with E-state index in [1.165, 1.54) is 16.0 Å². The molecule has 36 heavy (non-hydrogen) atoms. The summed E-state index contributed by atoms with van der Waals surface area (Å²) >= 11 is 0. The van der Waals surface area contributed by atoms with E-state index in [1.807, 2.05) is 42.5 Å². The molecule has 1 saturated heterocycles. The van der Waals surface area contributed by atoms with E-state index >= 15 is 0 Å². The summed E-state index contributed by atoms with van der Waals surface area (Å²) < 4.78 is 12.6. The van der Waals surface area contributed by atoms with Crippen molar-refractivity contribution in [2.45, 2.75) is 55.8 Å². The van der Waals surface area contributed by atoms with Crippen molar-refractivity contribution < 1.29 is 29.3 Å². The Morgan fingerprint density at radius 1 is 1.08 bits per heavy atom. The van der Waals surface area contributed by atoms with Gasteiger partial charge in [-0.05, 0) is 22.8 Å². The first kappa shape index (κ1) is 24.6. The third kappa shape index (κ3) is 4.82. The highest BCUT2D eigenvalue weighted by molar-refractivity contribution is 5.97. The molecule has 4 unspecified atom stereocenters. The van der Waals surface area contributed by atoms with Crippen LogP contribution < -0.4 is 5.32 Å². The second-order valence-electron chi connectivity index (χ2n) is 9.80. The third-order valence-corrected chi connectivity index (χ3v) is 7.29. The number of carbonyl (C=O) groups excluding carboxylic acids is 2. The van der Waals surface area contributed by atoms with Gasteiger partial charge in [-0.15, -0.1) is 0 Å². The van der Waals surface area contributed by atoms with Gasteiger partial charge in [-0.1, -0.05) is 54.6 Å². The molecule has 1 aliphatic heterocycles. The summed E-state index contributed by atoms with van der Waals surface area (Å²) in [4.78, 5) is 27.9. The van der Waals surface area contributed by atoms with Crippen molar-refractivity contribution in [1.82, 2.24) is 10.2 Å². The van der Waals surface area contributed by atoms with Gasteiger partial charge in [-0.25, -0.2) is 0 Å². The van der Waals surface area contributed by atoms with Crippen LogP contribution in [0, 0.1) is 0 Å². The Hall–Kier alpha value is -3.04. The summed E-state index contributed by atoms with van der Waals surface area (Å²) in [6.45, 7) is -0.0855. The Bertz CT molecular complexity index is 1120. The first-order chi connectivity index (χ1) is 17.4. The van der Waals surface area contributed by atoms with Gasteiger partial charge in [0, 0.05) is 44.8 Å². The first-order valence-corrected chi connectivity index (χ1v) is 12.4. The fourth-order valence-electron chi connectivity index (χ4n) is 5.47. The van der Waals surface area contributed by atoms with Crippen molar-refractivity contribution in [3.63, 3.8) is 0 Å². The van der Waals surface area contributed by atoms with Crippen LogP contribution in [0.25, 0.3) is 0 Å². The normalized spacial score (nSPS) is 24.5. The van der Waals surface area contributed by atoms with Gasteiger partial charge in [0.15, 0.2) is 5.79 Å². The van der Waals surface area contributed by atoms with Crippen LogP contribution in [-0.4, -0.2) is 77.3 Å². The molecule has 5 rings (SSSR count). The standard InChI is InChI=1S/C28H32N2O6/c1-30(22(26(33)29-11-12-31)13-18-7-3-2-4-8-18)27(34)21-14-23(32)25-24(15-21)35-28(36-25)16-19-9-5-6-10-20(19)17-28/h2-10,15,22-25,31-32H,11-14,16-17H2,1H3,(H,29,33). The molecule has 2 aromatic carbocycles. The lowest BCUT2D eigenvalue weighted by atomic mass is 9.91. The average molecular weight is 493 g/mol. The number of fused-ring (bicyclic) bond motifs is 2. The van der Waals surface area contributed by atoms with Crippen LogP contribution in [0.15, 0.2) is 66.2 Å². The smallest absolute Gasteiger partial charge is 0.250 e. The Balaban J connectivity index is 1.34. The van der Waals surface area contributed by atoms with Crippen LogP contribution in [0.1, 0.15) is 23.1 Å². The number of carbonyl (C=O) groups is 2. The Morgan fingerprint density at radius 3 is 2.42 bits per heavy atom. The number of hydrogen-bond acceptors (Lipinski definition) is 6. The number of rotatable bonds is 7. The highest BCUT2D eigenvalue weighted by Gasteiger charge is 2.54. The molecule has 8 nitrogen and oxygen atoms in total. The summed E-state index contributed by atoms with van der Waals surface area (Å²) in [6.07, 6.45) is 1.40. The minimum Gasteiger partial charge on any atom is -0.395 e. The molecule has 190 valence electrons. The quantitative estimate of drug-likeness (QED) is 0.535. The summed E-state index contributed by atoms with van der Waals surface area (Å²) in [5, 5.41) is 22.7. The number of amides is 2. The van der Waals surface area contributed by atoms with Gasteiger partial charge in [0.05, 0.1) is 12.7 Å². The monoisotopic (exact) mass is 492 g/mol. The zero-order chi connectivity index (χ0) is 25.3. The fourth-order valence-corrected chi connectivity index (χ4v) is 5.47. The molecule has 8 heteroatoms. The zero-order valence-electron chi connectivity index (χ0n) is 20.3. The zero-order valence-corrected chi connectivity index (χ0v) is 20.3.